The topological polar surface area (TPSA) is 88.1 Å². The van der Waals surface area contributed by atoms with Crippen LogP contribution in [0.1, 0.15) is 5.56 Å². The number of rotatable bonds is 5. The third kappa shape index (κ3) is 2.75. The molecule has 1 aromatic rings. The average Bonchev–Trinajstić information content (AvgIpc) is 3.15. The second-order valence-electron chi connectivity index (χ2n) is 5.30. The monoisotopic (exact) mass is 318 g/mol. The van der Waals surface area contributed by atoms with E-state index in [-0.39, 0.29) is 36.9 Å². The van der Waals surface area contributed by atoms with Crippen LogP contribution >= 0.6 is 0 Å². The van der Waals surface area contributed by atoms with Crippen LogP contribution in [0.4, 0.5) is 5.69 Å². The lowest BCUT2D eigenvalue weighted by molar-refractivity contribution is -0.136. The van der Waals surface area contributed by atoms with E-state index in [0.29, 0.717) is 6.61 Å². The molecule has 3 rings (SSSR count). The van der Waals surface area contributed by atoms with Gasteiger partial charge in [0, 0.05) is 24.2 Å². The van der Waals surface area contributed by atoms with E-state index in [4.69, 9.17) is 14.6 Å². The highest BCUT2D eigenvalue weighted by molar-refractivity contribution is 6.08. The van der Waals surface area contributed by atoms with Crippen LogP contribution in [-0.2, 0) is 20.7 Å². The molecule has 122 valence electrons. The lowest BCUT2D eigenvalue weighted by Gasteiger charge is -2.15. The number of nitrogens with zero attached hydrogens (tertiary/aromatic N) is 1. The number of esters is 1. The van der Waals surface area contributed by atoms with E-state index in [2.05, 4.69) is 5.32 Å². The fourth-order valence-corrected chi connectivity index (χ4v) is 2.82. The Kier molecular flexibility index (Phi) is 4.20. The third-order valence-corrected chi connectivity index (χ3v) is 3.96. The molecule has 2 N–H and O–H groups in total. The van der Waals surface area contributed by atoms with Crippen LogP contribution in [0.5, 0.6) is 5.75 Å². The second kappa shape index (κ2) is 6.29. The van der Waals surface area contributed by atoms with Crippen molar-refractivity contribution in [3.05, 3.63) is 35.0 Å². The molecular formula is C16H18N2O5. The number of amides is 1. The minimum atomic E-state index is -0.551. The molecule has 0 aromatic heterocycles. The zero-order chi connectivity index (χ0) is 16.4. The number of β-amino-alcohol motifs (C(OH)–C–C–N with tert-alkyl or cyclic N) is 1. The van der Waals surface area contributed by atoms with Crippen molar-refractivity contribution >= 4 is 17.6 Å². The van der Waals surface area contributed by atoms with Gasteiger partial charge in [0.2, 0.25) is 0 Å². The zero-order valence-corrected chi connectivity index (χ0v) is 12.8. The fraction of sp³-hybridized carbons (Fsp3) is 0.375. The number of benzene rings is 1. The van der Waals surface area contributed by atoms with E-state index in [1.54, 1.807) is 0 Å². The Morgan fingerprint density at radius 1 is 1.48 bits per heavy atom. The molecule has 2 aliphatic heterocycles. The van der Waals surface area contributed by atoms with Crippen LogP contribution in [-0.4, -0.2) is 55.3 Å². The summed E-state index contributed by atoms with van der Waals surface area (Å²) in [6.07, 6.45) is 0.744. The molecule has 0 radical (unpaired) electrons. The predicted octanol–water partition coefficient (Wildman–Crippen LogP) is 0.295. The molecule has 0 aliphatic carbocycles. The summed E-state index contributed by atoms with van der Waals surface area (Å²) in [6.45, 7) is 0.726. The van der Waals surface area contributed by atoms with Crippen molar-refractivity contribution in [2.24, 2.45) is 0 Å². The molecule has 1 aromatic carbocycles. The number of methoxy groups -OCH3 is 1. The van der Waals surface area contributed by atoms with Gasteiger partial charge in [0.1, 0.15) is 11.4 Å². The Hall–Kier alpha value is -2.54. The van der Waals surface area contributed by atoms with Gasteiger partial charge in [0.15, 0.2) is 0 Å². The number of aliphatic hydroxyl groups is 1. The standard InChI is InChI=1S/C16H18N2O5/c1-22-16(21)11-9-18(6-7-19)15(20)14(11)17-12-3-2-4-13-10(12)5-8-23-13/h2-4,17,19H,5-9H2,1H3. The van der Waals surface area contributed by atoms with Crippen LogP contribution in [0.15, 0.2) is 29.5 Å². The van der Waals surface area contributed by atoms with E-state index in [0.717, 1.165) is 23.4 Å². The number of fused-ring (bicyclic) bond motifs is 1. The molecule has 1 amide bonds. The van der Waals surface area contributed by atoms with Gasteiger partial charge >= 0.3 is 5.97 Å². The molecule has 23 heavy (non-hydrogen) atoms. The van der Waals surface area contributed by atoms with Gasteiger partial charge < -0.3 is 24.8 Å². The summed E-state index contributed by atoms with van der Waals surface area (Å²) in [4.78, 5) is 25.9. The van der Waals surface area contributed by atoms with Gasteiger partial charge in [-0.2, -0.15) is 0 Å². The molecular weight excluding hydrogens is 300 g/mol. The summed E-state index contributed by atoms with van der Waals surface area (Å²) < 4.78 is 10.3. The number of carbonyl (C=O) groups excluding carboxylic acids is 2. The molecule has 0 saturated heterocycles. The Morgan fingerprint density at radius 2 is 2.30 bits per heavy atom. The number of anilines is 1. The van der Waals surface area contributed by atoms with Crippen LogP contribution in [0, 0.1) is 0 Å². The van der Waals surface area contributed by atoms with Gasteiger partial charge in [-0.15, -0.1) is 0 Å². The zero-order valence-electron chi connectivity index (χ0n) is 12.8. The van der Waals surface area contributed by atoms with Crippen molar-refractivity contribution in [3.63, 3.8) is 0 Å². The Bertz CT molecular complexity index is 683. The average molecular weight is 318 g/mol. The molecule has 0 saturated carbocycles. The molecule has 7 nitrogen and oxygen atoms in total. The first-order valence-electron chi connectivity index (χ1n) is 7.39. The first-order valence-corrected chi connectivity index (χ1v) is 7.39. The Labute approximate surface area is 133 Å². The van der Waals surface area contributed by atoms with Gasteiger partial charge in [-0.25, -0.2) is 4.79 Å². The van der Waals surface area contributed by atoms with Crippen molar-refractivity contribution in [2.75, 3.05) is 38.7 Å². The van der Waals surface area contributed by atoms with Gasteiger partial charge in [0.25, 0.3) is 5.91 Å². The number of nitrogens with one attached hydrogen (secondary N) is 1. The number of carbonyl (C=O) groups is 2. The second-order valence-corrected chi connectivity index (χ2v) is 5.30. The molecule has 0 fully saturated rings. The largest absolute Gasteiger partial charge is 0.493 e. The van der Waals surface area contributed by atoms with Crippen LogP contribution in [0.2, 0.25) is 0 Å². The minimum Gasteiger partial charge on any atom is -0.493 e. The highest BCUT2D eigenvalue weighted by atomic mass is 16.5. The van der Waals surface area contributed by atoms with E-state index in [9.17, 15) is 9.59 Å². The number of hydrogen-bond acceptors (Lipinski definition) is 6. The first-order chi connectivity index (χ1) is 11.2. The summed E-state index contributed by atoms with van der Waals surface area (Å²) in [7, 11) is 1.28. The highest BCUT2D eigenvalue weighted by Gasteiger charge is 2.35. The van der Waals surface area contributed by atoms with Crippen LogP contribution in [0.3, 0.4) is 0 Å². The van der Waals surface area contributed by atoms with Crippen molar-refractivity contribution < 1.29 is 24.2 Å². The molecule has 7 heteroatoms. The quantitative estimate of drug-likeness (QED) is 0.759. The van der Waals surface area contributed by atoms with E-state index in [1.807, 2.05) is 18.2 Å². The van der Waals surface area contributed by atoms with Crippen molar-refractivity contribution in [1.29, 1.82) is 0 Å². The summed E-state index contributed by atoms with van der Waals surface area (Å²) in [5.41, 5.74) is 2.20. The normalized spacial score (nSPS) is 16.4. The van der Waals surface area contributed by atoms with Crippen molar-refractivity contribution in [2.45, 2.75) is 6.42 Å². The summed E-state index contributed by atoms with van der Waals surface area (Å²) in [6, 6.07) is 5.55. The highest BCUT2D eigenvalue weighted by Crippen LogP contribution is 2.33. The number of ether oxygens (including phenoxy) is 2. The Balaban J connectivity index is 1.93. The van der Waals surface area contributed by atoms with Gasteiger partial charge in [-0.1, -0.05) is 6.07 Å². The number of aliphatic hydroxyl groups excluding tert-OH is 1. The van der Waals surface area contributed by atoms with Gasteiger partial charge in [0.05, 0.1) is 32.4 Å². The predicted molar refractivity (Wildman–Crippen MR) is 82.0 cm³/mol. The Morgan fingerprint density at radius 3 is 3.04 bits per heavy atom. The summed E-state index contributed by atoms with van der Waals surface area (Å²) in [5.74, 6) is -0.0889. The smallest absolute Gasteiger partial charge is 0.337 e. The van der Waals surface area contributed by atoms with Gasteiger partial charge in [-0.3, -0.25) is 4.79 Å². The molecule has 0 unspecified atom stereocenters. The maximum Gasteiger partial charge on any atom is 0.337 e. The summed E-state index contributed by atoms with van der Waals surface area (Å²) >= 11 is 0. The minimum absolute atomic E-state index is 0.125. The maximum atomic E-state index is 12.5. The van der Waals surface area contributed by atoms with Crippen molar-refractivity contribution in [3.8, 4) is 5.75 Å². The van der Waals surface area contributed by atoms with Crippen molar-refractivity contribution in [1.82, 2.24) is 4.90 Å². The fourth-order valence-electron chi connectivity index (χ4n) is 2.82. The van der Waals surface area contributed by atoms with E-state index >= 15 is 0 Å². The molecule has 2 heterocycles. The molecule has 2 aliphatic rings. The molecule has 0 atom stereocenters. The lowest BCUT2D eigenvalue weighted by Crippen LogP contribution is -2.31. The SMILES string of the molecule is COC(=O)C1=C(Nc2cccc3c2CCO3)C(=O)N(CCO)C1. The van der Waals surface area contributed by atoms with E-state index < -0.39 is 5.97 Å². The lowest BCUT2D eigenvalue weighted by atomic mass is 10.1. The molecule has 0 bridgehead atoms. The van der Waals surface area contributed by atoms with Crippen LogP contribution < -0.4 is 10.1 Å². The van der Waals surface area contributed by atoms with E-state index in [1.165, 1.54) is 12.0 Å². The van der Waals surface area contributed by atoms with Crippen LogP contribution in [0.25, 0.3) is 0 Å². The van der Waals surface area contributed by atoms with Gasteiger partial charge in [-0.05, 0) is 12.1 Å². The molecule has 0 spiro atoms. The summed E-state index contributed by atoms with van der Waals surface area (Å²) in [5, 5.41) is 12.1. The third-order valence-electron chi connectivity index (χ3n) is 3.96. The first kappa shape index (κ1) is 15.4. The maximum absolute atomic E-state index is 12.5. The number of hydrogen-bond donors (Lipinski definition) is 2.